The van der Waals surface area contributed by atoms with E-state index in [-0.39, 0.29) is 40.8 Å². The number of nitro groups is 1. The summed E-state index contributed by atoms with van der Waals surface area (Å²) in [5, 5.41) is 27.1. The number of nitro benzene ring substituents is 1. The Labute approximate surface area is 247 Å². The van der Waals surface area contributed by atoms with Crippen molar-refractivity contribution >= 4 is 51.3 Å². The lowest BCUT2D eigenvalue weighted by atomic mass is 10.1. The Kier molecular flexibility index (Phi) is 7.14. The van der Waals surface area contributed by atoms with Gasteiger partial charge in [0.1, 0.15) is 12.2 Å². The van der Waals surface area contributed by atoms with E-state index < -0.39 is 16.5 Å². The maximum atomic E-state index is 13.6. The molecular formula is C31H19ClN4O7. The van der Waals surface area contributed by atoms with Crippen LogP contribution in [0.4, 0.5) is 5.69 Å². The molecule has 2 aromatic heterocycles. The van der Waals surface area contributed by atoms with Crippen LogP contribution in [-0.2, 0) is 6.61 Å². The van der Waals surface area contributed by atoms with Gasteiger partial charge in [-0.05, 0) is 60.2 Å². The molecule has 0 saturated heterocycles. The highest BCUT2D eigenvalue weighted by Gasteiger charge is 2.20. The van der Waals surface area contributed by atoms with Gasteiger partial charge in [-0.2, -0.15) is 9.78 Å². The largest absolute Gasteiger partial charge is 0.481 e. The lowest BCUT2D eigenvalue weighted by Crippen LogP contribution is -2.20. The number of hydrogen-bond donors (Lipinski definition) is 1. The third kappa shape index (κ3) is 5.44. The van der Waals surface area contributed by atoms with Crippen LogP contribution < -0.4 is 10.3 Å². The number of carbonyl (C=O) groups is 1. The first-order chi connectivity index (χ1) is 20.8. The van der Waals surface area contributed by atoms with Gasteiger partial charge >= 0.3 is 11.7 Å². The first kappa shape index (κ1) is 27.4. The molecule has 0 spiro atoms. The lowest BCUT2D eigenvalue weighted by Gasteiger charge is -2.11. The minimum Gasteiger partial charge on any atom is -0.481 e. The summed E-state index contributed by atoms with van der Waals surface area (Å²) in [6.07, 6.45) is 1.26. The molecule has 0 fully saturated rings. The van der Waals surface area contributed by atoms with Crippen molar-refractivity contribution in [3.8, 4) is 17.3 Å². The summed E-state index contributed by atoms with van der Waals surface area (Å²) in [6.45, 7) is -0.156. The van der Waals surface area contributed by atoms with Crippen LogP contribution in [0.2, 0.25) is 5.02 Å². The summed E-state index contributed by atoms with van der Waals surface area (Å²) in [4.78, 5) is 40.9. The van der Waals surface area contributed by atoms with Gasteiger partial charge in [0.05, 0.1) is 27.6 Å². The second-order valence-corrected chi connectivity index (χ2v) is 9.79. The van der Waals surface area contributed by atoms with E-state index in [0.29, 0.717) is 32.5 Å². The third-order valence-electron chi connectivity index (χ3n) is 6.54. The van der Waals surface area contributed by atoms with E-state index in [1.807, 2.05) is 0 Å². The van der Waals surface area contributed by atoms with Crippen molar-refractivity contribution in [1.82, 2.24) is 9.66 Å². The number of aromatic carboxylic acids is 1. The fourth-order valence-electron chi connectivity index (χ4n) is 4.53. The van der Waals surface area contributed by atoms with Gasteiger partial charge in [0, 0.05) is 22.0 Å². The highest BCUT2D eigenvalue weighted by atomic mass is 35.5. The second kappa shape index (κ2) is 11.2. The van der Waals surface area contributed by atoms with Gasteiger partial charge < -0.3 is 14.3 Å². The van der Waals surface area contributed by atoms with Gasteiger partial charge in [-0.3, -0.25) is 14.9 Å². The minimum absolute atomic E-state index is 0.0500. The van der Waals surface area contributed by atoms with E-state index in [4.69, 9.17) is 20.8 Å². The van der Waals surface area contributed by atoms with Crippen LogP contribution in [-0.4, -0.2) is 31.9 Å². The number of aromatic nitrogens is 2. The van der Waals surface area contributed by atoms with Gasteiger partial charge in [-0.1, -0.05) is 41.9 Å². The predicted octanol–water partition coefficient (Wildman–Crippen LogP) is 6.53. The number of benzene rings is 4. The molecule has 1 N–H and O–H groups in total. The van der Waals surface area contributed by atoms with Crippen molar-refractivity contribution in [2.24, 2.45) is 5.10 Å². The van der Waals surface area contributed by atoms with Gasteiger partial charge in [0.2, 0.25) is 11.6 Å². The molecule has 0 saturated carbocycles. The zero-order chi connectivity index (χ0) is 30.1. The molecule has 43 heavy (non-hydrogen) atoms. The monoisotopic (exact) mass is 594 g/mol. The van der Waals surface area contributed by atoms with E-state index in [2.05, 4.69) is 10.1 Å². The Hall–Kier alpha value is -5.81. The molecule has 0 aliphatic carbocycles. The van der Waals surface area contributed by atoms with Crippen LogP contribution in [0.15, 0.2) is 105 Å². The number of nitrogens with zero attached hydrogens (tertiary/aromatic N) is 4. The molecule has 0 bridgehead atoms. The molecule has 0 aliphatic heterocycles. The number of para-hydroxylation sites is 2. The molecule has 6 aromatic rings. The van der Waals surface area contributed by atoms with E-state index in [1.165, 1.54) is 30.5 Å². The van der Waals surface area contributed by atoms with Crippen LogP contribution in [0.25, 0.3) is 33.5 Å². The summed E-state index contributed by atoms with van der Waals surface area (Å²) in [5.74, 6) is -0.867. The van der Waals surface area contributed by atoms with Crippen molar-refractivity contribution in [2.45, 2.75) is 6.61 Å². The van der Waals surface area contributed by atoms with Crippen LogP contribution in [0, 0.1) is 10.1 Å². The first-order valence-corrected chi connectivity index (χ1v) is 13.1. The highest BCUT2D eigenvalue weighted by molar-refractivity contribution is 6.31. The number of carboxylic acids is 1. The molecule has 212 valence electrons. The number of halogens is 1. The summed E-state index contributed by atoms with van der Waals surface area (Å²) in [5.41, 5.74) is 0.864. The number of fused-ring (bicyclic) bond motifs is 2. The van der Waals surface area contributed by atoms with Crippen LogP contribution >= 0.6 is 11.6 Å². The van der Waals surface area contributed by atoms with E-state index in [9.17, 15) is 24.8 Å². The normalized spacial score (nSPS) is 11.4. The Morgan fingerprint density at radius 2 is 1.88 bits per heavy atom. The quantitative estimate of drug-likeness (QED) is 0.119. The summed E-state index contributed by atoms with van der Waals surface area (Å²) >= 11 is 6.14. The van der Waals surface area contributed by atoms with Crippen molar-refractivity contribution < 1.29 is 24.0 Å². The number of furan rings is 1. The molecule has 0 unspecified atom stereocenters. The zero-order valence-corrected chi connectivity index (χ0v) is 22.8. The molecule has 4 aromatic carbocycles. The molecular weight excluding hydrogens is 576 g/mol. The summed E-state index contributed by atoms with van der Waals surface area (Å²) in [7, 11) is 0. The third-order valence-corrected chi connectivity index (χ3v) is 6.78. The van der Waals surface area contributed by atoms with Crippen molar-refractivity contribution in [1.29, 1.82) is 0 Å². The lowest BCUT2D eigenvalue weighted by molar-refractivity contribution is -0.385. The Morgan fingerprint density at radius 3 is 2.70 bits per heavy atom. The van der Waals surface area contributed by atoms with E-state index in [0.717, 1.165) is 4.68 Å². The average Bonchev–Trinajstić information content (AvgIpc) is 3.42. The molecule has 12 heteroatoms. The average molecular weight is 595 g/mol. The maximum Gasteiger partial charge on any atom is 0.335 e. The molecule has 0 amide bonds. The standard InChI is InChI=1S/C31H19ClN4O7/c32-22-11-12-26-21(14-22)15-27(43-26)29-34-24-9-2-1-8-23(24)30(37)35(29)33-16-20-7-4-10-25(36(40)41)28(20)42-17-18-5-3-6-19(13-18)31(38)39/h1-16H,17H2,(H,38,39). The Bertz CT molecular complexity index is 2150. The number of ether oxygens (including phenoxy) is 1. The van der Waals surface area contributed by atoms with Gasteiger partial charge in [-0.25, -0.2) is 9.78 Å². The van der Waals surface area contributed by atoms with Gasteiger partial charge in [0.25, 0.3) is 5.56 Å². The first-order valence-electron chi connectivity index (χ1n) is 12.8. The van der Waals surface area contributed by atoms with Crippen molar-refractivity contribution in [3.05, 3.63) is 133 Å². The second-order valence-electron chi connectivity index (χ2n) is 9.35. The number of hydrogen-bond acceptors (Lipinski definition) is 8. The number of rotatable bonds is 8. The van der Waals surface area contributed by atoms with Crippen LogP contribution in [0.5, 0.6) is 5.75 Å². The summed E-state index contributed by atoms with van der Waals surface area (Å²) < 4.78 is 12.9. The van der Waals surface area contributed by atoms with Crippen molar-refractivity contribution in [3.63, 3.8) is 0 Å². The van der Waals surface area contributed by atoms with Gasteiger partial charge in [0.15, 0.2) is 5.76 Å². The molecule has 0 atom stereocenters. The number of carboxylic acid groups (broad SMARTS) is 1. The SMILES string of the molecule is O=C(O)c1cccc(COc2c(C=Nn3c(-c4cc5cc(Cl)ccc5o4)nc4ccccc4c3=O)cccc2[N+](=O)[O-])c1. The molecule has 0 radical (unpaired) electrons. The van der Waals surface area contributed by atoms with Crippen LogP contribution in [0.1, 0.15) is 21.5 Å². The molecule has 2 heterocycles. The molecule has 6 rings (SSSR count). The van der Waals surface area contributed by atoms with Gasteiger partial charge in [-0.15, -0.1) is 0 Å². The fourth-order valence-corrected chi connectivity index (χ4v) is 4.71. The Morgan fingerprint density at radius 1 is 1.07 bits per heavy atom. The highest BCUT2D eigenvalue weighted by Crippen LogP contribution is 2.32. The van der Waals surface area contributed by atoms with Crippen LogP contribution in [0.3, 0.4) is 0 Å². The smallest absolute Gasteiger partial charge is 0.335 e. The fraction of sp³-hybridized carbons (Fsp3) is 0.0323. The molecule has 0 aliphatic rings. The minimum atomic E-state index is -1.11. The molecule has 11 nitrogen and oxygen atoms in total. The Balaban J connectivity index is 1.45. The summed E-state index contributed by atoms with van der Waals surface area (Å²) in [6, 6.07) is 23.9. The van der Waals surface area contributed by atoms with E-state index in [1.54, 1.807) is 66.7 Å². The predicted molar refractivity (Wildman–Crippen MR) is 160 cm³/mol. The van der Waals surface area contributed by atoms with Crippen molar-refractivity contribution in [2.75, 3.05) is 0 Å². The van der Waals surface area contributed by atoms with E-state index >= 15 is 0 Å². The zero-order valence-electron chi connectivity index (χ0n) is 22.0. The topological polar surface area (TPSA) is 150 Å². The maximum absolute atomic E-state index is 13.6.